The molecular weight excluding hydrogens is 1630 g/mol. The van der Waals surface area contributed by atoms with Crippen LogP contribution in [0.5, 0.6) is 0 Å². The first-order valence-electron chi connectivity index (χ1n) is 58.4. The molecule has 2 aromatic carbocycles. The van der Waals surface area contributed by atoms with Crippen LogP contribution in [0, 0.1) is 67.5 Å². The van der Waals surface area contributed by atoms with Gasteiger partial charge in [-0.15, -0.1) is 0 Å². The minimum absolute atomic E-state index is 0. The van der Waals surface area contributed by atoms with E-state index in [9.17, 15) is 0 Å². The van der Waals surface area contributed by atoms with Gasteiger partial charge in [0.1, 0.15) is 24.4 Å². The number of ether oxygens (including phenoxy) is 9. The summed E-state index contributed by atoms with van der Waals surface area (Å²) in [6, 6.07) is 19.0. The molecular formula is C124H232O9. The fourth-order valence-corrected chi connectivity index (χ4v) is 28.2. The van der Waals surface area contributed by atoms with Crippen molar-refractivity contribution in [2.24, 2.45) is 67.5 Å². The standard InChI is InChI=1S/C24H46.C20H38.C20H32.C18H26.C13H26O5.C12H22.C11H22O4.2C2H6.2CH4/c1-5-13-23(14-6-2)17-9-21(10-18-23)22-11-19-24(15-7-3,16-8-4)20-12-22;2*1-4-13-20(14-5-2)15-11-19(12-16-20)18-9-7-17(6-3)8-10-18;1-3-15-5-7-16(8-6-15)18-12-9-17(4-2,10-13-18)11-14-18;1-5-14-10-9-18-13(17-8-4)12(16-7-3)11(10)15-6-2;1-3-11-5-8-12(4-2,9-6-11)10-7-11;1-4-12-9-7-11(14-6-3)15-8-10(9)13-5-2;2*1-2;;/h21-22H,5-20H2,1-4H3;17-19H,4-16H2,1-3H3;7-10,19H,4-6,11-16H2,1-3H3;5-8H,3-4,9-14H2,1-2H3;10-13H,5-9H2,1-4H3;3-10H2,1-2H3;9-11H,4-8H2,1-3H3;2*1-2H3;2*1H4/t;;;;10-,11+,12-,13?;;9-,10+,11?;;;;/m....1.0..../s1. The van der Waals surface area contributed by atoms with E-state index >= 15 is 0 Å². The van der Waals surface area contributed by atoms with Crippen molar-refractivity contribution in [3.63, 3.8) is 0 Å². The summed E-state index contributed by atoms with van der Waals surface area (Å²) in [4.78, 5) is 0. The minimum atomic E-state index is -0.372. The molecule has 2 saturated heterocycles. The average Bonchev–Trinajstić information content (AvgIpc) is 0.735. The lowest BCUT2D eigenvalue weighted by molar-refractivity contribution is -0.291. The lowest BCUT2D eigenvalue weighted by atomic mass is 9.51. The van der Waals surface area contributed by atoms with Gasteiger partial charge in [0, 0.05) is 52.7 Å². The molecule has 11 saturated carbocycles. The fourth-order valence-electron chi connectivity index (χ4n) is 28.2. The van der Waals surface area contributed by atoms with Crippen LogP contribution < -0.4 is 0 Å². The predicted molar refractivity (Wildman–Crippen MR) is 579 cm³/mol. The fraction of sp³-hybridized carbons (Fsp3) is 0.903. The third-order valence-corrected chi connectivity index (χ3v) is 36.6. The molecule has 0 radical (unpaired) electrons. The van der Waals surface area contributed by atoms with Crippen LogP contribution in [0.4, 0.5) is 0 Å². The highest BCUT2D eigenvalue weighted by atomic mass is 16.7. The molecule has 7 atom stereocenters. The highest BCUT2D eigenvalue weighted by Crippen LogP contribution is 2.62. The first kappa shape index (κ1) is 125. The summed E-state index contributed by atoms with van der Waals surface area (Å²) in [5, 5.41) is 0. The van der Waals surface area contributed by atoms with Gasteiger partial charge in [-0.2, -0.15) is 0 Å². The van der Waals surface area contributed by atoms with E-state index in [0.717, 1.165) is 87.3 Å². The Morgan fingerprint density at radius 2 is 0.586 bits per heavy atom. The zero-order chi connectivity index (χ0) is 96.1. The predicted octanol–water partition coefficient (Wildman–Crippen LogP) is 37.9. The summed E-state index contributed by atoms with van der Waals surface area (Å²) in [6.07, 6.45) is 79.4. The van der Waals surface area contributed by atoms with Crippen molar-refractivity contribution in [2.75, 3.05) is 59.5 Å². The van der Waals surface area contributed by atoms with Gasteiger partial charge >= 0.3 is 0 Å². The number of benzene rings is 2. The lowest BCUT2D eigenvalue weighted by Crippen LogP contribution is -2.57. The van der Waals surface area contributed by atoms with Crippen molar-refractivity contribution in [3.05, 3.63) is 70.8 Å². The van der Waals surface area contributed by atoms with Gasteiger partial charge in [0.25, 0.3) is 0 Å². The number of fused-ring (bicyclic) bond motifs is 6. The Morgan fingerprint density at radius 3 is 0.910 bits per heavy atom. The van der Waals surface area contributed by atoms with E-state index in [1.165, 1.54) is 255 Å². The second kappa shape index (κ2) is 68.3. The summed E-state index contributed by atoms with van der Waals surface area (Å²) < 4.78 is 50.6. The van der Waals surface area contributed by atoms with Crippen LogP contribution in [0.2, 0.25) is 0 Å². The minimum Gasteiger partial charge on any atom is -0.376 e. The normalized spacial score (nSPS) is 29.1. The molecule has 782 valence electrons. The van der Waals surface area contributed by atoms with Crippen molar-refractivity contribution >= 4 is 0 Å². The van der Waals surface area contributed by atoms with Crippen LogP contribution in [0.25, 0.3) is 0 Å². The van der Waals surface area contributed by atoms with E-state index < -0.39 is 0 Å². The van der Waals surface area contributed by atoms with Gasteiger partial charge in [0.2, 0.25) is 0 Å². The molecule has 133 heavy (non-hydrogen) atoms. The summed E-state index contributed by atoms with van der Waals surface area (Å²) in [7, 11) is 0. The van der Waals surface area contributed by atoms with Crippen LogP contribution in [-0.4, -0.2) is 103 Å². The Morgan fingerprint density at radius 1 is 0.286 bits per heavy atom. The molecule has 0 aromatic heterocycles. The molecule has 2 aliphatic heterocycles. The first-order chi connectivity index (χ1) is 63.6. The van der Waals surface area contributed by atoms with Crippen LogP contribution >= 0.6 is 0 Å². The van der Waals surface area contributed by atoms with E-state index in [0.29, 0.717) is 70.3 Å². The SMILES string of the molecule is C.C.CC.CC.CCC12CCC(CC)(CC1)CC2.CCCC1(CCC)CCC(C2CCC(CC)CC2)CC1.CCCC1(CCC)CCC(C2CCC(CCC)(CCC)CC2)CC1.CCCC1(CCC)CCC(c2ccc(CC)cc2)CC1.CCOC1C[C@H](OCC)[C@H](OCC)CO1.CCOC1OC[C@@H](OCC)[C@H](OCC)[C@H]1OCC.CCc1ccc(C23CCC(CC)(CC2)CC3)cc1. The van der Waals surface area contributed by atoms with Crippen LogP contribution in [-0.2, 0) is 60.9 Å². The molecule has 0 N–H and O–H groups in total. The van der Waals surface area contributed by atoms with Crippen LogP contribution in [0.3, 0.4) is 0 Å². The third kappa shape index (κ3) is 38.9. The average molecular weight is 1870 g/mol. The van der Waals surface area contributed by atoms with Crippen molar-refractivity contribution in [1.29, 1.82) is 0 Å². The number of aryl methyl sites for hydroxylation is 2. The van der Waals surface area contributed by atoms with Crippen molar-refractivity contribution in [1.82, 2.24) is 0 Å². The van der Waals surface area contributed by atoms with Crippen molar-refractivity contribution in [2.45, 2.75) is 596 Å². The smallest absolute Gasteiger partial charge is 0.186 e. The molecule has 13 aliphatic rings. The number of rotatable bonds is 40. The maximum atomic E-state index is 5.78. The van der Waals surface area contributed by atoms with Gasteiger partial charge in [0.05, 0.1) is 19.3 Å². The van der Waals surface area contributed by atoms with Gasteiger partial charge in [-0.25, -0.2) is 0 Å². The second-order valence-corrected chi connectivity index (χ2v) is 43.9. The monoisotopic (exact) mass is 1870 g/mol. The highest BCUT2D eigenvalue weighted by molar-refractivity contribution is 5.32. The Hall–Kier alpha value is -1.92. The third-order valence-electron chi connectivity index (χ3n) is 36.6. The van der Waals surface area contributed by atoms with E-state index in [2.05, 4.69) is 145 Å². The topological polar surface area (TPSA) is 83.1 Å². The Balaban J connectivity index is 0.000000399. The Labute approximate surface area is 830 Å². The molecule has 9 heteroatoms. The zero-order valence-electron chi connectivity index (χ0n) is 92.1. The maximum absolute atomic E-state index is 5.78. The van der Waals surface area contributed by atoms with E-state index in [1.807, 2.05) is 76.2 Å². The van der Waals surface area contributed by atoms with Gasteiger partial charge in [-0.05, 0) is 406 Å². The molecule has 0 spiro atoms. The molecule has 9 nitrogen and oxygen atoms in total. The Kier molecular flexibility index (Phi) is 64.4. The largest absolute Gasteiger partial charge is 0.376 e. The number of hydrogen-bond donors (Lipinski definition) is 0. The van der Waals surface area contributed by atoms with Gasteiger partial charge < -0.3 is 42.6 Å². The summed E-state index contributed by atoms with van der Waals surface area (Å²) in [6.45, 7) is 60.4. The van der Waals surface area contributed by atoms with E-state index in [4.69, 9.17) is 42.6 Å². The van der Waals surface area contributed by atoms with Gasteiger partial charge in [-0.1, -0.05) is 278 Å². The zero-order valence-corrected chi connectivity index (χ0v) is 92.1. The molecule has 13 fully saturated rings. The van der Waals surface area contributed by atoms with Crippen LogP contribution in [0.15, 0.2) is 48.5 Å². The van der Waals surface area contributed by atoms with Crippen molar-refractivity contribution in [3.8, 4) is 0 Å². The molecule has 2 aromatic rings. The molecule has 2 unspecified atom stereocenters. The molecule has 15 rings (SSSR count). The first-order valence-corrected chi connectivity index (χ1v) is 58.4. The molecule has 2 heterocycles. The van der Waals surface area contributed by atoms with E-state index in [-0.39, 0.29) is 58.0 Å². The second-order valence-electron chi connectivity index (χ2n) is 43.9. The molecule has 0 amide bonds. The van der Waals surface area contributed by atoms with Crippen LogP contribution in [0.1, 0.15) is 556 Å². The van der Waals surface area contributed by atoms with E-state index in [1.54, 1.807) is 101 Å². The van der Waals surface area contributed by atoms with Crippen molar-refractivity contribution < 1.29 is 42.6 Å². The maximum Gasteiger partial charge on any atom is 0.186 e. The number of hydrogen-bond acceptors (Lipinski definition) is 9. The summed E-state index contributed by atoms with van der Waals surface area (Å²) >= 11 is 0. The lowest BCUT2D eigenvalue weighted by Gasteiger charge is -2.54. The van der Waals surface area contributed by atoms with Gasteiger partial charge in [0.15, 0.2) is 12.6 Å². The molecule has 4 bridgehead atoms. The quantitative estimate of drug-likeness (QED) is 0.0648. The van der Waals surface area contributed by atoms with Gasteiger partial charge in [-0.3, -0.25) is 0 Å². The Bertz CT molecular complexity index is 2890. The highest BCUT2D eigenvalue weighted by Gasteiger charge is 2.50. The summed E-state index contributed by atoms with van der Waals surface area (Å²) in [5.74, 6) is 6.23. The molecule has 11 aliphatic carbocycles. The summed E-state index contributed by atoms with van der Waals surface area (Å²) in [5.41, 5.74) is 12.0.